The fourth-order valence-electron chi connectivity index (χ4n) is 7.27. The van der Waals surface area contributed by atoms with E-state index >= 15 is 0 Å². The summed E-state index contributed by atoms with van der Waals surface area (Å²) in [7, 11) is 0. The Morgan fingerprint density at radius 2 is 1.15 bits per heavy atom. The van der Waals surface area contributed by atoms with Gasteiger partial charge < -0.3 is 14.5 Å². The summed E-state index contributed by atoms with van der Waals surface area (Å²) in [5.41, 5.74) is 9.07. The lowest BCUT2D eigenvalue weighted by Crippen LogP contribution is -2.07. The van der Waals surface area contributed by atoms with E-state index in [-0.39, 0.29) is 0 Å². The van der Waals surface area contributed by atoms with Crippen LogP contribution in [-0.2, 0) is 0 Å². The Balaban J connectivity index is 1.43. The van der Waals surface area contributed by atoms with E-state index in [1.807, 2.05) is 42.5 Å². The van der Waals surface area contributed by atoms with Gasteiger partial charge in [-0.15, -0.1) is 0 Å². The maximum atomic E-state index is 11.0. The van der Waals surface area contributed by atoms with Gasteiger partial charge in [-0.05, 0) is 64.4 Å². The van der Waals surface area contributed by atoms with Crippen LogP contribution in [0.3, 0.4) is 0 Å². The first-order valence-electron chi connectivity index (χ1n) is 15.3. The molecule has 2 heterocycles. The number of rotatable bonds is 4. The number of aromatic nitrogens is 2. The Bertz CT molecular complexity index is 2670. The zero-order chi connectivity index (χ0) is 30.8. The van der Waals surface area contributed by atoms with Gasteiger partial charge in [-0.1, -0.05) is 103 Å². The molecule has 4 heteroatoms. The van der Waals surface area contributed by atoms with Crippen molar-refractivity contribution in [2.75, 3.05) is 0 Å². The summed E-state index contributed by atoms with van der Waals surface area (Å²) in [4.78, 5) is 0. The summed E-state index contributed by atoms with van der Waals surface area (Å²) in [6.07, 6.45) is 1.36. The van der Waals surface area contributed by atoms with Gasteiger partial charge in [0.05, 0.1) is 33.4 Å². The van der Waals surface area contributed by atoms with Gasteiger partial charge in [0.15, 0.2) is 0 Å². The Morgan fingerprint density at radius 3 is 1.87 bits per heavy atom. The third-order valence-electron chi connectivity index (χ3n) is 9.26. The third kappa shape index (κ3) is 3.63. The second kappa shape index (κ2) is 10.1. The predicted octanol–water partition coefficient (Wildman–Crippen LogP) is 10.6. The maximum Gasteiger partial charge on any atom is 0.104 e. The van der Waals surface area contributed by atoms with Crippen LogP contribution in [0.4, 0.5) is 0 Å². The van der Waals surface area contributed by atoms with Crippen LogP contribution >= 0.6 is 0 Å². The van der Waals surface area contributed by atoms with Crippen molar-refractivity contribution in [2.24, 2.45) is 0 Å². The molecule has 1 N–H and O–H groups in total. The number of nitrogens with zero attached hydrogens (tertiary/aromatic N) is 3. The Hall–Kier alpha value is -6.44. The quantitative estimate of drug-likeness (QED) is 0.205. The number of benzene rings is 7. The Morgan fingerprint density at radius 1 is 0.522 bits per heavy atom. The fraction of sp³-hybridized carbons (Fsp3) is 0. The van der Waals surface area contributed by atoms with E-state index in [0.29, 0.717) is 16.8 Å². The van der Waals surface area contributed by atoms with Crippen molar-refractivity contribution < 1.29 is 0 Å². The van der Waals surface area contributed by atoms with Gasteiger partial charge in [-0.25, -0.2) is 0 Å². The molecular formula is C42H26N4. The van der Waals surface area contributed by atoms with E-state index < -0.39 is 0 Å². The monoisotopic (exact) mass is 586 g/mol. The number of hydrogen-bond donors (Lipinski definition) is 1. The largest absolute Gasteiger partial charge is 0.308 e. The molecule has 0 saturated heterocycles. The lowest BCUT2D eigenvalue weighted by Gasteiger charge is -2.18. The van der Waals surface area contributed by atoms with E-state index in [1.165, 1.54) is 17.0 Å². The molecule has 0 aliphatic carbocycles. The van der Waals surface area contributed by atoms with Crippen LogP contribution < -0.4 is 0 Å². The molecule has 2 aromatic heterocycles. The maximum absolute atomic E-state index is 11.0. The SMILES string of the molecule is N#Cc1c(-n2c3ccc(-c4ccccc4)cc3c3c4ccccc4ccc32)ccc(C=N)c1-n1c2ccccc2c2ccccc21. The smallest absolute Gasteiger partial charge is 0.104 e. The minimum atomic E-state index is 0.520. The number of fused-ring (bicyclic) bond motifs is 8. The molecule has 0 spiro atoms. The van der Waals surface area contributed by atoms with Crippen molar-refractivity contribution in [2.45, 2.75) is 0 Å². The van der Waals surface area contributed by atoms with Crippen LogP contribution in [0.2, 0.25) is 0 Å². The molecule has 0 atom stereocenters. The number of para-hydroxylation sites is 2. The molecule has 0 amide bonds. The molecule has 0 bridgehead atoms. The highest BCUT2D eigenvalue weighted by Gasteiger charge is 2.23. The van der Waals surface area contributed by atoms with E-state index in [2.05, 4.69) is 118 Å². The average Bonchev–Trinajstić information content (AvgIpc) is 3.64. The second-order valence-corrected chi connectivity index (χ2v) is 11.6. The van der Waals surface area contributed by atoms with Gasteiger partial charge in [0.1, 0.15) is 11.6 Å². The molecule has 9 aromatic rings. The zero-order valence-corrected chi connectivity index (χ0v) is 24.8. The molecule has 214 valence electrons. The van der Waals surface area contributed by atoms with Gasteiger partial charge in [0.25, 0.3) is 0 Å². The third-order valence-corrected chi connectivity index (χ3v) is 9.26. The van der Waals surface area contributed by atoms with Crippen LogP contribution in [0, 0.1) is 16.7 Å². The highest BCUT2D eigenvalue weighted by Crippen LogP contribution is 2.41. The van der Waals surface area contributed by atoms with Crippen LogP contribution in [0.15, 0.2) is 146 Å². The Kier molecular flexibility index (Phi) is 5.68. The first-order chi connectivity index (χ1) is 22.8. The van der Waals surface area contributed by atoms with Gasteiger partial charge in [-0.3, -0.25) is 0 Å². The minimum Gasteiger partial charge on any atom is -0.308 e. The van der Waals surface area contributed by atoms with Crippen molar-refractivity contribution >= 4 is 60.6 Å². The minimum absolute atomic E-state index is 0.520. The first-order valence-corrected chi connectivity index (χ1v) is 15.3. The van der Waals surface area contributed by atoms with Crippen molar-refractivity contribution in [1.29, 1.82) is 10.7 Å². The number of nitrogens with one attached hydrogen (secondary N) is 1. The van der Waals surface area contributed by atoms with Gasteiger partial charge in [0.2, 0.25) is 0 Å². The molecule has 0 radical (unpaired) electrons. The molecule has 0 fully saturated rings. The molecule has 0 saturated carbocycles. The van der Waals surface area contributed by atoms with E-state index in [0.717, 1.165) is 60.4 Å². The summed E-state index contributed by atoms with van der Waals surface area (Å²) in [6, 6.07) is 53.1. The number of hydrogen-bond acceptors (Lipinski definition) is 2. The standard InChI is InChI=1S/C42H26N4/c43-25-30-20-22-39(35(26-44)42(30)46-36-16-8-6-14-32(36)33-15-7-9-17-37(33)46)45-38-21-19-29(27-10-2-1-3-11-27)24-34(38)41-31-13-5-4-12-28(31)18-23-40(41)45/h1-25,43H. The van der Waals surface area contributed by atoms with Crippen molar-refractivity contribution in [3.8, 4) is 28.6 Å². The molecule has 4 nitrogen and oxygen atoms in total. The molecule has 0 aliphatic rings. The average molecular weight is 587 g/mol. The summed E-state index contributed by atoms with van der Waals surface area (Å²) >= 11 is 0. The van der Waals surface area contributed by atoms with Crippen LogP contribution in [-0.4, -0.2) is 15.3 Å². The highest BCUT2D eigenvalue weighted by molar-refractivity contribution is 6.22. The zero-order valence-electron chi connectivity index (χ0n) is 24.8. The molecule has 7 aromatic carbocycles. The van der Waals surface area contributed by atoms with Crippen molar-refractivity contribution in [1.82, 2.24) is 9.13 Å². The van der Waals surface area contributed by atoms with Gasteiger partial charge in [0, 0.05) is 33.3 Å². The first kappa shape index (κ1) is 26.0. The molecular weight excluding hydrogens is 560 g/mol. The lowest BCUT2D eigenvalue weighted by molar-refractivity contribution is 1.11. The Labute approximate surface area is 265 Å². The highest BCUT2D eigenvalue weighted by atomic mass is 15.0. The topological polar surface area (TPSA) is 57.5 Å². The summed E-state index contributed by atoms with van der Waals surface area (Å²) in [5.74, 6) is 0. The molecule has 0 aliphatic heterocycles. The van der Waals surface area contributed by atoms with Crippen molar-refractivity contribution in [3.05, 3.63) is 157 Å². The normalized spacial score (nSPS) is 11.5. The van der Waals surface area contributed by atoms with E-state index in [4.69, 9.17) is 5.41 Å². The van der Waals surface area contributed by atoms with E-state index in [1.54, 1.807) is 0 Å². The molecule has 9 rings (SSSR count). The van der Waals surface area contributed by atoms with E-state index in [9.17, 15) is 5.26 Å². The molecule has 0 unspecified atom stereocenters. The van der Waals surface area contributed by atoms with Crippen LogP contribution in [0.5, 0.6) is 0 Å². The summed E-state index contributed by atoms with van der Waals surface area (Å²) in [6.45, 7) is 0. The number of nitriles is 1. The van der Waals surface area contributed by atoms with Gasteiger partial charge >= 0.3 is 0 Å². The predicted molar refractivity (Wildman–Crippen MR) is 191 cm³/mol. The van der Waals surface area contributed by atoms with Crippen LogP contribution in [0.25, 0.3) is 76.9 Å². The fourth-order valence-corrected chi connectivity index (χ4v) is 7.27. The lowest BCUT2D eigenvalue weighted by atomic mass is 10.0. The summed E-state index contributed by atoms with van der Waals surface area (Å²) < 4.78 is 4.39. The van der Waals surface area contributed by atoms with Gasteiger partial charge in [-0.2, -0.15) is 5.26 Å². The van der Waals surface area contributed by atoms with Crippen molar-refractivity contribution in [3.63, 3.8) is 0 Å². The molecule has 46 heavy (non-hydrogen) atoms. The summed E-state index contributed by atoms with van der Waals surface area (Å²) in [5, 5.41) is 26.3. The second-order valence-electron chi connectivity index (χ2n) is 11.6. The van der Waals surface area contributed by atoms with Crippen LogP contribution in [0.1, 0.15) is 11.1 Å².